The van der Waals surface area contributed by atoms with Gasteiger partial charge in [0.05, 0.1) is 6.04 Å². The summed E-state index contributed by atoms with van der Waals surface area (Å²) in [6.45, 7) is 2.02. The predicted octanol–water partition coefficient (Wildman–Crippen LogP) is 5.54. The molecule has 1 N–H and O–H groups in total. The third kappa shape index (κ3) is 2.91. The van der Waals surface area contributed by atoms with Crippen molar-refractivity contribution >= 4 is 16.7 Å². The standard InChI is InChI=1S/C22H17N3O/c1-15(16-8-3-2-4-9-16)24-22-20(14-23)25-21(26-22)19-13-7-11-17-10-5-6-12-18(17)19/h2-13,15,24H,1H3. The molecular formula is C22H17N3O. The van der Waals surface area contributed by atoms with Gasteiger partial charge in [-0.3, -0.25) is 0 Å². The van der Waals surface area contributed by atoms with Gasteiger partial charge in [-0.15, -0.1) is 0 Å². The summed E-state index contributed by atoms with van der Waals surface area (Å²) >= 11 is 0. The first-order valence-electron chi connectivity index (χ1n) is 8.47. The fraction of sp³-hybridized carbons (Fsp3) is 0.0909. The summed E-state index contributed by atoms with van der Waals surface area (Å²) in [5.74, 6) is 0.841. The second-order valence-corrected chi connectivity index (χ2v) is 6.11. The van der Waals surface area contributed by atoms with Gasteiger partial charge in [0.2, 0.25) is 17.5 Å². The Hall–Kier alpha value is -3.58. The van der Waals surface area contributed by atoms with E-state index in [-0.39, 0.29) is 11.7 Å². The molecular weight excluding hydrogens is 322 g/mol. The van der Waals surface area contributed by atoms with Crippen molar-refractivity contribution in [1.82, 2.24) is 4.98 Å². The maximum absolute atomic E-state index is 9.46. The molecule has 4 nitrogen and oxygen atoms in total. The number of hydrogen-bond acceptors (Lipinski definition) is 4. The van der Waals surface area contributed by atoms with E-state index in [0.717, 1.165) is 21.9 Å². The third-order valence-corrected chi connectivity index (χ3v) is 4.40. The lowest BCUT2D eigenvalue weighted by atomic mass is 10.0. The molecule has 0 spiro atoms. The molecule has 0 aliphatic carbocycles. The van der Waals surface area contributed by atoms with Crippen LogP contribution >= 0.6 is 0 Å². The number of nitrogens with one attached hydrogen (secondary N) is 1. The van der Waals surface area contributed by atoms with E-state index in [0.29, 0.717) is 11.8 Å². The Bertz CT molecular complexity index is 1090. The van der Waals surface area contributed by atoms with Gasteiger partial charge in [-0.25, -0.2) is 0 Å². The van der Waals surface area contributed by atoms with E-state index >= 15 is 0 Å². The fourth-order valence-corrected chi connectivity index (χ4v) is 3.04. The van der Waals surface area contributed by atoms with Gasteiger partial charge in [0.15, 0.2) is 0 Å². The summed E-state index contributed by atoms with van der Waals surface area (Å²) in [4.78, 5) is 4.41. The van der Waals surface area contributed by atoms with Crippen LogP contribution in [0.3, 0.4) is 0 Å². The van der Waals surface area contributed by atoms with Gasteiger partial charge in [-0.2, -0.15) is 10.2 Å². The Morgan fingerprint density at radius 3 is 2.50 bits per heavy atom. The summed E-state index contributed by atoms with van der Waals surface area (Å²) in [5, 5.41) is 14.9. The molecule has 4 heteroatoms. The van der Waals surface area contributed by atoms with Crippen LogP contribution in [0.1, 0.15) is 24.2 Å². The SMILES string of the molecule is CC(Nc1oc(-c2cccc3ccccc23)nc1C#N)c1ccccc1. The molecule has 0 bridgehead atoms. The zero-order valence-electron chi connectivity index (χ0n) is 14.3. The van der Waals surface area contributed by atoms with Gasteiger partial charge in [-0.1, -0.05) is 66.7 Å². The largest absolute Gasteiger partial charge is 0.419 e. The van der Waals surface area contributed by atoms with Crippen molar-refractivity contribution in [3.63, 3.8) is 0 Å². The third-order valence-electron chi connectivity index (χ3n) is 4.40. The number of hydrogen-bond donors (Lipinski definition) is 1. The van der Waals surface area contributed by atoms with E-state index in [1.807, 2.05) is 79.7 Å². The fourth-order valence-electron chi connectivity index (χ4n) is 3.04. The van der Waals surface area contributed by atoms with Crippen molar-refractivity contribution in [2.45, 2.75) is 13.0 Å². The van der Waals surface area contributed by atoms with E-state index in [1.165, 1.54) is 0 Å². The van der Waals surface area contributed by atoms with Gasteiger partial charge < -0.3 is 9.73 Å². The number of nitrogens with zero attached hydrogens (tertiary/aromatic N) is 2. The summed E-state index contributed by atoms with van der Waals surface area (Å²) in [6, 6.07) is 26.2. The first-order valence-corrected chi connectivity index (χ1v) is 8.47. The van der Waals surface area contributed by atoms with Crippen molar-refractivity contribution in [3.8, 4) is 17.5 Å². The van der Waals surface area contributed by atoms with Crippen LogP contribution in [0.25, 0.3) is 22.2 Å². The van der Waals surface area contributed by atoms with Crippen LogP contribution in [0.2, 0.25) is 0 Å². The monoisotopic (exact) mass is 339 g/mol. The Balaban J connectivity index is 1.73. The molecule has 1 atom stereocenters. The predicted molar refractivity (Wildman–Crippen MR) is 103 cm³/mol. The number of nitriles is 1. The number of fused-ring (bicyclic) bond motifs is 1. The molecule has 1 aromatic heterocycles. The molecule has 0 saturated carbocycles. The van der Waals surface area contributed by atoms with Crippen LogP contribution in [0.15, 0.2) is 77.2 Å². The number of rotatable bonds is 4. The molecule has 4 aromatic rings. The lowest BCUT2D eigenvalue weighted by molar-refractivity contribution is 0.578. The summed E-state index contributed by atoms with van der Waals surface area (Å²) in [5.41, 5.74) is 2.25. The highest BCUT2D eigenvalue weighted by Crippen LogP contribution is 2.32. The zero-order chi connectivity index (χ0) is 17.9. The molecule has 126 valence electrons. The van der Waals surface area contributed by atoms with Gasteiger partial charge in [0.25, 0.3) is 0 Å². The second-order valence-electron chi connectivity index (χ2n) is 6.11. The molecule has 1 unspecified atom stereocenters. The number of oxazole rings is 1. The van der Waals surface area contributed by atoms with Crippen LogP contribution in [-0.2, 0) is 0 Å². The van der Waals surface area contributed by atoms with Gasteiger partial charge in [0.1, 0.15) is 6.07 Å². The van der Waals surface area contributed by atoms with Crippen molar-refractivity contribution < 1.29 is 4.42 Å². The Morgan fingerprint density at radius 2 is 1.69 bits per heavy atom. The highest BCUT2D eigenvalue weighted by Gasteiger charge is 2.18. The zero-order valence-corrected chi connectivity index (χ0v) is 14.3. The van der Waals surface area contributed by atoms with E-state index in [1.54, 1.807) is 0 Å². The highest BCUT2D eigenvalue weighted by molar-refractivity contribution is 5.94. The van der Waals surface area contributed by atoms with E-state index in [4.69, 9.17) is 4.42 Å². The molecule has 0 aliphatic rings. The average molecular weight is 339 g/mol. The van der Waals surface area contributed by atoms with E-state index < -0.39 is 0 Å². The smallest absolute Gasteiger partial charge is 0.233 e. The van der Waals surface area contributed by atoms with Crippen LogP contribution in [0.4, 0.5) is 5.88 Å². The molecule has 0 amide bonds. The molecule has 0 saturated heterocycles. The van der Waals surface area contributed by atoms with Crippen molar-refractivity contribution in [2.24, 2.45) is 0 Å². The molecule has 0 aliphatic heterocycles. The van der Waals surface area contributed by atoms with Gasteiger partial charge in [0, 0.05) is 5.56 Å². The molecule has 0 fully saturated rings. The number of aromatic nitrogens is 1. The molecule has 0 radical (unpaired) electrons. The molecule has 1 heterocycles. The lowest BCUT2D eigenvalue weighted by Crippen LogP contribution is -2.06. The highest BCUT2D eigenvalue weighted by atomic mass is 16.4. The van der Waals surface area contributed by atoms with Crippen molar-refractivity contribution in [1.29, 1.82) is 5.26 Å². The van der Waals surface area contributed by atoms with Crippen LogP contribution in [0, 0.1) is 11.3 Å². The Labute approximate surface area is 151 Å². The maximum atomic E-state index is 9.46. The summed E-state index contributed by atoms with van der Waals surface area (Å²) in [6.07, 6.45) is 0. The van der Waals surface area contributed by atoms with Gasteiger partial charge in [-0.05, 0) is 29.3 Å². The van der Waals surface area contributed by atoms with Crippen LogP contribution in [-0.4, -0.2) is 4.98 Å². The minimum absolute atomic E-state index is 0.00313. The topological polar surface area (TPSA) is 61.9 Å². The Kier molecular flexibility index (Phi) is 4.12. The quantitative estimate of drug-likeness (QED) is 0.530. The molecule has 26 heavy (non-hydrogen) atoms. The minimum Gasteiger partial charge on any atom is -0.419 e. The average Bonchev–Trinajstić information content (AvgIpc) is 3.10. The first-order chi connectivity index (χ1) is 12.8. The van der Waals surface area contributed by atoms with E-state index in [2.05, 4.69) is 16.4 Å². The van der Waals surface area contributed by atoms with Crippen molar-refractivity contribution in [2.75, 3.05) is 5.32 Å². The van der Waals surface area contributed by atoms with Crippen molar-refractivity contribution in [3.05, 3.63) is 84.1 Å². The summed E-state index contributed by atoms with van der Waals surface area (Å²) in [7, 11) is 0. The number of anilines is 1. The Morgan fingerprint density at radius 1 is 0.962 bits per heavy atom. The van der Waals surface area contributed by atoms with Crippen LogP contribution < -0.4 is 5.32 Å². The molecule has 4 rings (SSSR count). The van der Waals surface area contributed by atoms with Gasteiger partial charge >= 0.3 is 0 Å². The minimum atomic E-state index is -0.00313. The van der Waals surface area contributed by atoms with E-state index in [9.17, 15) is 5.26 Å². The molecule has 3 aromatic carbocycles. The van der Waals surface area contributed by atoms with Crippen LogP contribution in [0.5, 0.6) is 0 Å². The summed E-state index contributed by atoms with van der Waals surface area (Å²) < 4.78 is 5.95. The second kappa shape index (κ2) is 6.73. The first kappa shape index (κ1) is 15.9. The lowest BCUT2D eigenvalue weighted by Gasteiger charge is -2.13. The maximum Gasteiger partial charge on any atom is 0.233 e. The number of benzene rings is 3. The normalized spacial score (nSPS) is 11.8.